The summed E-state index contributed by atoms with van der Waals surface area (Å²) in [6, 6.07) is 0. The van der Waals surface area contributed by atoms with Crippen molar-refractivity contribution in [3.8, 4) is 0 Å². The van der Waals surface area contributed by atoms with Gasteiger partial charge in [-0.2, -0.15) is 5.10 Å². The van der Waals surface area contributed by atoms with Crippen molar-refractivity contribution in [2.75, 3.05) is 39.5 Å². The summed E-state index contributed by atoms with van der Waals surface area (Å²) in [6.07, 6.45) is 1.56. The van der Waals surface area contributed by atoms with Crippen molar-refractivity contribution >= 4 is 5.91 Å². The topological polar surface area (TPSA) is 67.5 Å². The summed E-state index contributed by atoms with van der Waals surface area (Å²) < 4.78 is 10.6. The molecule has 6 nitrogen and oxygen atoms in total. The Balaban J connectivity index is 2.60. The van der Waals surface area contributed by atoms with E-state index >= 15 is 0 Å². The first-order chi connectivity index (χ1) is 9.20. The lowest BCUT2D eigenvalue weighted by molar-refractivity contribution is 0.0549. The van der Waals surface area contributed by atoms with Crippen LogP contribution in [-0.2, 0) is 9.47 Å². The Hall–Kier alpha value is -1.40. The van der Waals surface area contributed by atoms with Gasteiger partial charge in [0.25, 0.3) is 5.91 Å². The first-order valence-corrected chi connectivity index (χ1v) is 6.65. The number of rotatable bonds is 9. The molecule has 0 saturated heterocycles. The lowest BCUT2D eigenvalue weighted by Crippen LogP contribution is -2.37. The van der Waals surface area contributed by atoms with E-state index in [1.54, 1.807) is 11.1 Å². The monoisotopic (exact) mass is 269 g/mol. The summed E-state index contributed by atoms with van der Waals surface area (Å²) in [5.74, 6) is -0.0364. The van der Waals surface area contributed by atoms with Gasteiger partial charge in [0.1, 0.15) is 0 Å². The number of H-pyrrole nitrogens is 1. The average molecular weight is 269 g/mol. The van der Waals surface area contributed by atoms with Gasteiger partial charge in [-0.05, 0) is 20.8 Å². The van der Waals surface area contributed by atoms with Crippen LogP contribution in [0.15, 0.2) is 6.20 Å². The number of nitrogens with one attached hydrogen (secondary N) is 1. The second kappa shape index (κ2) is 8.66. The van der Waals surface area contributed by atoms with Gasteiger partial charge in [-0.1, -0.05) is 0 Å². The molecule has 0 atom stereocenters. The minimum atomic E-state index is -0.0364. The third-order valence-corrected chi connectivity index (χ3v) is 2.77. The highest BCUT2D eigenvalue weighted by atomic mass is 16.5. The fraction of sp³-hybridized carbons (Fsp3) is 0.692. The summed E-state index contributed by atoms with van der Waals surface area (Å²) in [5, 5.41) is 6.66. The molecule has 1 aromatic rings. The summed E-state index contributed by atoms with van der Waals surface area (Å²) in [7, 11) is 0. The van der Waals surface area contributed by atoms with E-state index < -0.39 is 0 Å². The number of aromatic amines is 1. The quantitative estimate of drug-likeness (QED) is 0.685. The molecule has 1 rings (SSSR count). The van der Waals surface area contributed by atoms with Crippen LogP contribution in [-0.4, -0.2) is 60.5 Å². The van der Waals surface area contributed by atoms with Gasteiger partial charge in [0.05, 0.1) is 25.0 Å². The average Bonchev–Trinajstić information content (AvgIpc) is 2.83. The number of amides is 1. The number of ether oxygens (including phenoxy) is 2. The van der Waals surface area contributed by atoms with Crippen molar-refractivity contribution in [3.63, 3.8) is 0 Å². The Morgan fingerprint density at radius 3 is 2.26 bits per heavy atom. The molecule has 1 amide bonds. The number of hydrogen-bond acceptors (Lipinski definition) is 4. The Morgan fingerprint density at radius 2 is 1.84 bits per heavy atom. The summed E-state index contributed by atoms with van der Waals surface area (Å²) in [6.45, 7) is 9.20. The van der Waals surface area contributed by atoms with E-state index in [2.05, 4.69) is 10.2 Å². The van der Waals surface area contributed by atoms with Gasteiger partial charge >= 0.3 is 0 Å². The third kappa shape index (κ3) is 5.00. The van der Waals surface area contributed by atoms with E-state index in [0.717, 1.165) is 5.69 Å². The lowest BCUT2D eigenvalue weighted by Gasteiger charge is -2.22. The number of nitrogens with zero attached hydrogens (tertiary/aromatic N) is 2. The molecule has 0 aromatic carbocycles. The van der Waals surface area contributed by atoms with Crippen LogP contribution in [0.2, 0.25) is 0 Å². The van der Waals surface area contributed by atoms with Gasteiger partial charge in [-0.25, -0.2) is 0 Å². The van der Waals surface area contributed by atoms with Crippen LogP contribution in [0, 0.1) is 6.92 Å². The summed E-state index contributed by atoms with van der Waals surface area (Å²) in [5.41, 5.74) is 1.39. The molecule has 0 fully saturated rings. The molecule has 19 heavy (non-hydrogen) atoms. The molecular weight excluding hydrogens is 246 g/mol. The van der Waals surface area contributed by atoms with Crippen molar-refractivity contribution in [2.45, 2.75) is 20.8 Å². The zero-order valence-corrected chi connectivity index (χ0v) is 11.9. The number of carbonyl (C=O) groups excluding carboxylic acids is 1. The van der Waals surface area contributed by atoms with Crippen LogP contribution in [0.3, 0.4) is 0 Å². The second-order valence-electron chi connectivity index (χ2n) is 4.09. The maximum atomic E-state index is 12.4. The van der Waals surface area contributed by atoms with E-state index in [1.165, 1.54) is 0 Å². The van der Waals surface area contributed by atoms with Crippen LogP contribution < -0.4 is 0 Å². The van der Waals surface area contributed by atoms with Crippen LogP contribution >= 0.6 is 0 Å². The normalized spacial score (nSPS) is 10.7. The van der Waals surface area contributed by atoms with Crippen LogP contribution in [0.5, 0.6) is 0 Å². The lowest BCUT2D eigenvalue weighted by atomic mass is 10.2. The molecule has 0 bridgehead atoms. The Bertz CT molecular complexity index is 369. The molecule has 0 radical (unpaired) electrons. The third-order valence-electron chi connectivity index (χ3n) is 2.77. The summed E-state index contributed by atoms with van der Waals surface area (Å²) >= 11 is 0. The number of aryl methyl sites for hydroxylation is 1. The van der Waals surface area contributed by atoms with Crippen molar-refractivity contribution in [3.05, 3.63) is 17.5 Å². The number of aromatic nitrogens is 2. The smallest absolute Gasteiger partial charge is 0.257 e. The zero-order valence-electron chi connectivity index (χ0n) is 11.9. The van der Waals surface area contributed by atoms with E-state index in [4.69, 9.17) is 9.47 Å². The molecule has 1 aromatic heterocycles. The Labute approximate surface area is 114 Å². The van der Waals surface area contributed by atoms with Gasteiger partial charge in [0.2, 0.25) is 0 Å². The van der Waals surface area contributed by atoms with E-state index in [0.29, 0.717) is 45.1 Å². The van der Waals surface area contributed by atoms with Gasteiger partial charge in [-0.3, -0.25) is 9.89 Å². The molecule has 0 spiro atoms. The number of hydrogen-bond donors (Lipinski definition) is 1. The van der Waals surface area contributed by atoms with Crippen molar-refractivity contribution < 1.29 is 14.3 Å². The first-order valence-electron chi connectivity index (χ1n) is 6.65. The molecule has 1 heterocycles. The van der Waals surface area contributed by atoms with E-state index in [1.807, 2.05) is 20.8 Å². The molecule has 108 valence electrons. The van der Waals surface area contributed by atoms with Gasteiger partial charge in [-0.15, -0.1) is 0 Å². The minimum absolute atomic E-state index is 0.0364. The van der Waals surface area contributed by atoms with E-state index in [9.17, 15) is 4.79 Å². The maximum absolute atomic E-state index is 12.4. The SMILES string of the molecule is CCOCCN(CCOCC)C(=O)c1cn[nH]c1C. The summed E-state index contributed by atoms with van der Waals surface area (Å²) in [4.78, 5) is 14.1. The highest BCUT2D eigenvalue weighted by molar-refractivity contribution is 5.95. The minimum Gasteiger partial charge on any atom is -0.380 e. The predicted octanol–water partition coefficient (Wildman–Crippen LogP) is 1.23. The first kappa shape index (κ1) is 15.7. The zero-order chi connectivity index (χ0) is 14.1. The van der Waals surface area contributed by atoms with E-state index in [-0.39, 0.29) is 5.91 Å². The van der Waals surface area contributed by atoms with Crippen LogP contribution in [0.1, 0.15) is 29.9 Å². The van der Waals surface area contributed by atoms with Gasteiger partial charge in [0, 0.05) is 32.0 Å². The second-order valence-corrected chi connectivity index (χ2v) is 4.09. The standard InChI is InChI=1S/C13H23N3O3/c1-4-18-8-6-16(7-9-19-5-2)13(17)12-10-14-15-11(12)3/h10H,4-9H2,1-3H3,(H,14,15). The fourth-order valence-corrected chi connectivity index (χ4v) is 1.69. The highest BCUT2D eigenvalue weighted by Crippen LogP contribution is 2.07. The fourth-order valence-electron chi connectivity index (χ4n) is 1.69. The molecule has 1 N–H and O–H groups in total. The molecular formula is C13H23N3O3. The molecule has 0 aliphatic heterocycles. The van der Waals surface area contributed by atoms with Crippen LogP contribution in [0.4, 0.5) is 0 Å². The molecule has 0 aliphatic rings. The van der Waals surface area contributed by atoms with Crippen molar-refractivity contribution in [2.24, 2.45) is 0 Å². The molecule has 0 unspecified atom stereocenters. The molecule has 0 aliphatic carbocycles. The highest BCUT2D eigenvalue weighted by Gasteiger charge is 2.18. The largest absolute Gasteiger partial charge is 0.380 e. The molecule has 6 heteroatoms. The number of carbonyl (C=O) groups is 1. The van der Waals surface area contributed by atoms with Gasteiger partial charge in [0.15, 0.2) is 0 Å². The maximum Gasteiger partial charge on any atom is 0.257 e. The predicted molar refractivity (Wildman–Crippen MR) is 72.2 cm³/mol. The van der Waals surface area contributed by atoms with Crippen molar-refractivity contribution in [1.82, 2.24) is 15.1 Å². The van der Waals surface area contributed by atoms with Gasteiger partial charge < -0.3 is 14.4 Å². The Kier molecular flexibility index (Phi) is 7.14. The Morgan fingerprint density at radius 1 is 1.26 bits per heavy atom. The van der Waals surface area contributed by atoms with Crippen molar-refractivity contribution in [1.29, 1.82) is 0 Å². The molecule has 0 saturated carbocycles. The van der Waals surface area contributed by atoms with Crippen LogP contribution in [0.25, 0.3) is 0 Å².